The summed E-state index contributed by atoms with van der Waals surface area (Å²) < 4.78 is 5.04. The summed E-state index contributed by atoms with van der Waals surface area (Å²) in [5.41, 5.74) is 2.24. The van der Waals surface area contributed by atoms with Gasteiger partial charge in [-0.15, -0.1) is 11.8 Å². The molecule has 3 rings (SSSR count). The Balaban J connectivity index is 1.44. The number of pyridine rings is 1. The lowest BCUT2D eigenvalue weighted by Crippen LogP contribution is -2.14. The first-order valence-corrected chi connectivity index (χ1v) is 9.08. The fraction of sp³-hybridized carbons (Fsp3) is 0.105. The lowest BCUT2D eigenvalue weighted by Gasteiger charge is -2.07. The molecule has 0 aliphatic heterocycles. The van der Waals surface area contributed by atoms with Gasteiger partial charge in [0.25, 0.3) is 5.91 Å². The van der Waals surface area contributed by atoms with Crippen LogP contribution in [0, 0.1) is 0 Å². The summed E-state index contributed by atoms with van der Waals surface area (Å²) in [6.07, 6.45) is 3.18. The predicted molar refractivity (Wildman–Crippen MR) is 102 cm³/mol. The van der Waals surface area contributed by atoms with Crippen LogP contribution in [0.15, 0.2) is 71.5 Å². The van der Waals surface area contributed by atoms with Crippen LogP contribution in [0.1, 0.15) is 16.2 Å². The first kappa shape index (κ1) is 17.8. The molecule has 0 bridgehead atoms. The SMILES string of the molecule is O=C(CSCc1ccccn1)Nc1ccc(NC(=O)c2ccco2)cc1. The summed E-state index contributed by atoms with van der Waals surface area (Å²) in [7, 11) is 0. The molecule has 2 amide bonds. The van der Waals surface area contributed by atoms with Gasteiger partial charge in [-0.25, -0.2) is 0 Å². The van der Waals surface area contributed by atoms with Gasteiger partial charge in [-0.1, -0.05) is 6.07 Å². The third-order valence-electron chi connectivity index (χ3n) is 3.38. The van der Waals surface area contributed by atoms with Crippen LogP contribution < -0.4 is 10.6 Å². The molecule has 2 heterocycles. The van der Waals surface area contributed by atoms with Crippen molar-refractivity contribution in [3.05, 3.63) is 78.5 Å². The number of thioether (sulfide) groups is 1. The van der Waals surface area contributed by atoms with Gasteiger partial charge < -0.3 is 15.1 Å². The minimum Gasteiger partial charge on any atom is -0.459 e. The van der Waals surface area contributed by atoms with E-state index in [1.807, 2.05) is 18.2 Å². The van der Waals surface area contributed by atoms with Crippen LogP contribution in [0.3, 0.4) is 0 Å². The number of anilines is 2. The summed E-state index contributed by atoms with van der Waals surface area (Å²) >= 11 is 1.50. The molecule has 7 heteroatoms. The van der Waals surface area contributed by atoms with Crippen molar-refractivity contribution in [1.29, 1.82) is 0 Å². The second kappa shape index (κ2) is 8.87. The number of hydrogen-bond acceptors (Lipinski definition) is 5. The molecular formula is C19H17N3O3S. The summed E-state index contributed by atoms with van der Waals surface area (Å²) in [5.74, 6) is 0.864. The van der Waals surface area contributed by atoms with Crippen molar-refractivity contribution in [3.63, 3.8) is 0 Å². The van der Waals surface area contributed by atoms with Gasteiger partial charge in [0, 0.05) is 23.3 Å². The Morgan fingerprint density at radius 2 is 1.73 bits per heavy atom. The van der Waals surface area contributed by atoms with E-state index >= 15 is 0 Å². The number of carbonyl (C=O) groups is 2. The first-order valence-electron chi connectivity index (χ1n) is 7.93. The van der Waals surface area contributed by atoms with Gasteiger partial charge in [0.05, 0.1) is 17.7 Å². The molecule has 3 aromatic rings. The molecule has 0 saturated heterocycles. The van der Waals surface area contributed by atoms with E-state index < -0.39 is 0 Å². The van der Waals surface area contributed by atoms with E-state index in [-0.39, 0.29) is 17.6 Å². The van der Waals surface area contributed by atoms with E-state index in [9.17, 15) is 9.59 Å². The third-order valence-corrected chi connectivity index (χ3v) is 4.35. The van der Waals surface area contributed by atoms with Crippen molar-refractivity contribution in [1.82, 2.24) is 4.98 Å². The summed E-state index contributed by atoms with van der Waals surface area (Å²) in [5, 5.41) is 5.55. The number of carbonyl (C=O) groups excluding carboxylic acids is 2. The number of hydrogen-bond donors (Lipinski definition) is 2. The predicted octanol–water partition coefficient (Wildman–Crippen LogP) is 3.80. The van der Waals surface area contributed by atoms with Crippen molar-refractivity contribution in [3.8, 4) is 0 Å². The van der Waals surface area contributed by atoms with Crippen molar-refractivity contribution < 1.29 is 14.0 Å². The maximum atomic E-state index is 12.0. The fourth-order valence-electron chi connectivity index (χ4n) is 2.17. The monoisotopic (exact) mass is 367 g/mol. The molecule has 6 nitrogen and oxygen atoms in total. The molecule has 2 aromatic heterocycles. The molecule has 0 fully saturated rings. The molecule has 2 N–H and O–H groups in total. The van der Waals surface area contributed by atoms with E-state index in [4.69, 9.17) is 4.42 Å². The van der Waals surface area contributed by atoms with Crippen LogP contribution in [0.4, 0.5) is 11.4 Å². The summed E-state index contributed by atoms with van der Waals surface area (Å²) in [4.78, 5) is 28.1. The second-order valence-electron chi connectivity index (χ2n) is 5.37. The van der Waals surface area contributed by atoms with Gasteiger partial charge in [0.2, 0.25) is 5.91 Å². The molecule has 132 valence electrons. The van der Waals surface area contributed by atoms with Crippen LogP contribution in [0.25, 0.3) is 0 Å². The number of furan rings is 1. The molecule has 0 spiro atoms. The van der Waals surface area contributed by atoms with Crippen molar-refractivity contribution in [2.75, 3.05) is 16.4 Å². The van der Waals surface area contributed by atoms with Gasteiger partial charge in [-0.3, -0.25) is 14.6 Å². The Labute approximate surface area is 155 Å². The van der Waals surface area contributed by atoms with Crippen LogP contribution in [-0.2, 0) is 10.5 Å². The average Bonchev–Trinajstić information content (AvgIpc) is 3.19. The lowest BCUT2D eigenvalue weighted by atomic mass is 10.2. The average molecular weight is 367 g/mol. The van der Waals surface area contributed by atoms with Gasteiger partial charge in [-0.2, -0.15) is 0 Å². The Morgan fingerprint density at radius 3 is 2.38 bits per heavy atom. The molecule has 0 aliphatic carbocycles. The molecule has 0 atom stereocenters. The molecule has 0 radical (unpaired) electrons. The van der Waals surface area contributed by atoms with Gasteiger partial charge in [0.1, 0.15) is 0 Å². The number of amides is 2. The van der Waals surface area contributed by atoms with Crippen LogP contribution in [0.2, 0.25) is 0 Å². The summed E-state index contributed by atoms with van der Waals surface area (Å²) in [6.45, 7) is 0. The van der Waals surface area contributed by atoms with Crippen LogP contribution in [-0.4, -0.2) is 22.6 Å². The van der Waals surface area contributed by atoms with E-state index in [1.54, 1.807) is 42.6 Å². The lowest BCUT2D eigenvalue weighted by molar-refractivity contribution is -0.113. The highest BCUT2D eigenvalue weighted by Gasteiger charge is 2.09. The highest BCUT2D eigenvalue weighted by Crippen LogP contribution is 2.16. The van der Waals surface area contributed by atoms with E-state index in [1.165, 1.54) is 18.0 Å². The number of aromatic nitrogens is 1. The quantitative estimate of drug-likeness (QED) is 0.663. The van der Waals surface area contributed by atoms with Crippen molar-refractivity contribution in [2.24, 2.45) is 0 Å². The zero-order valence-electron chi connectivity index (χ0n) is 13.8. The number of rotatable bonds is 7. The first-order chi connectivity index (χ1) is 12.7. The van der Waals surface area contributed by atoms with Crippen molar-refractivity contribution in [2.45, 2.75) is 5.75 Å². The van der Waals surface area contributed by atoms with Gasteiger partial charge in [-0.05, 0) is 48.5 Å². The third kappa shape index (κ3) is 5.22. The minimum atomic E-state index is -0.322. The number of benzene rings is 1. The number of nitrogens with one attached hydrogen (secondary N) is 2. The molecule has 1 aromatic carbocycles. The molecular weight excluding hydrogens is 350 g/mol. The summed E-state index contributed by atoms with van der Waals surface area (Å²) in [6, 6.07) is 15.9. The molecule has 0 unspecified atom stereocenters. The van der Waals surface area contributed by atoms with E-state index in [0.717, 1.165) is 5.69 Å². The van der Waals surface area contributed by atoms with Crippen molar-refractivity contribution >= 4 is 35.0 Å². The Morgan fingerprint density at radius 1 is 0.962 bits per heavy atom. The standard InChI is InChI=1S/C19H17N3O3S/c23-18(13-26-12-16-4-1-2-10-20-16)21-14-6-8-15(9-7-14)22-19(24)17-5-3-11-25-17/h1-11H,12-13H2,(H,21,23)(H,22,24). The zero-order chi connectivity index (χ0) is 18.2. The maximum Gasteiger partial charge on any atom is 0.291 e. The molecule has 0 saturated carbocycles. The minimum absolute atomic E-state index is 0.0849. The molecule has 0 aliphatic rings. The van der Waals surface area contributed by atoms with Crippen LogP contribution in [0.5, 0.6) is 0 Å². The van der Waals surface area contributed by atoms with Gasteiger partial charge in [0.15, 0.2) is 5.76 Å². The Bertz CT molecular complexity index is 850. The maximum absolute atomic E-state index is 12.0. The zero-order valence-corrected chi connectivity index (χ0v) is 14.7. The van der Waals surface area contributed by atoms with Gasteiger partial charge >= 0.3 is 0 Å². The Hall–Kier alpha value is -3.06. The fourth-order valence-corrected chi connectivity index (χ4v) is 2.91. The van der Waals surface area contributed by atoms with E-state index in [2.05, 4.69) is 15.6 Å². The largest absolute Gasteiger partial charge is 0.459 e. The highest BCUT2D eigenvalue weighted by molar-refractivity contribution is 7.99. The number of nitrogens with zero attached hydrogens (tertiary/aromatic N) is 1. The van der Waals surface area contributed by atoms with E-state index in [0.29, 0.717) is 22.9 Å². The normalized spacial score (nSPS) is 10.3. The highest BCUT2D eigenvalue weighted by atomic mass is 32.2. The van der Waals surface area contributed by atoms with Crippen LogP contribution >= 0.6 is 11.8 Å². The Kier molecular flexibility index (Phi) is 6.05. The smallest absolute Gasteiger partial charge is 0.291 e. The topological polar surface area (TPSA) is 84.2 Å². The second-order valence-corrected chi connectivity index (χ2v) is 6.36. The molecule has 26 heavy (non-hydrogen) atoms.